The SMILES string of the molecule is CNC1CC(C)SCc2c(Cl)cc(Cl)cc21. The molecule has 0 saturated carbocycles. The summed E-state index contributed by atoms with van der Waals surface area (Å²) in [4.78, 5) is 0. The first-order valence-electron chi connectivity index (χ1n) is 5.38. The van der Waals surface area contributed by atoms with Gasteiger partial charge in [0.05, 0.1) is 0 Å². The van der Waals surface area contributed by atoms with Crippen LogP contribution in [0.25, 0.3) is 0 Å². The van der Waals surface area contributed by atoms with Crippen molar-refractivity contribution >= 4 is 35.0 Å². The topological polar surface area (TPSA) is 12.0 Å². The van der Waals surface area contributed by atoms with E-state index in [0.29, 0.717) is 11.3 Å². The Hall–Kier alpha value is 0.110. The largest absolute Gasteiger partial charge is 0.313 e. The van der Waals surface area contributed by atoms with Gasteiger partial charge in [-0.05, 0) is 36.7 Å². The van der Waals surface area contributed by atoms with Crippen LogP contribution in [0.15, 0.2) is 12.1 Å². The minimum absolute atomic E-state index is 0.358. The molecule has 1 heterocycles. The average Bonchev–Trinajstić information content (AvgIpc) is 2.38. The molecule has 0 saturated heterocycles. The molecule has 0 spiro atoms. The summed E-state index contributed by atoms with van der Waals surface area (Å²) in [7, 11) is 1.99. The second kappa shape index (κ2) is 5.18. The summed E-state index contributed by atoms with van der Waals surface area (Å²) in [6.07, 6.45) is 1.12. The van der Waals surface area contributed by atoms with Gasteiger partial charge in [-0.1, -0.05) is 30.1 Å². The number of benzene rings is 1. The molecule has 4 heteroatoms. The van der Waals surface area contributed by atoms with E-state index < -0.39 is 0 Å². The zero-order valence-corrected chi connectivity index (χ0v) is 11.7. The Balaban J connectivity index is 2.48. The lowest BCUT2D eigenvalue weighted by Crippen LogP contribution is -2.19. The second-order valence-corrected chi connectivity index (χ2v) is 6.42. The van der Waals surface area contributed by atoms with Crippen LogP contribution in [0.3, 0.4) is 0 Å². The Morgan fingerprint density at radius 1 is 1.38 bits per heavy atom. The lowest BCUT2D eigenvalue weighted by molar-refractivity contribution is 0.549. The number of nitrogens with one attached hydrogen (secondary N) is 1. The van der Waals surface area contributed by atoms with E-state index in [4.69, 9.17) is 23.2 Å². The minimum atomic E-state index is 0.358. The molecule has 16 heavy (non-hydrogen) atoms. The molecule has 0 aromatic heterocycles. The maximum absolute atomic E-state index is 6.26. The highest BCUT2D eigenvalue weighted by atomic mass is 35.5. The van der Waals surface area contributed by atoms with Crippen molar-refractivity contribution in [2.45, 2.75) is 30.4 Å². The maximum atomic E-state index is 6.26. The number of thioether (sulfide) groups is 1. The fourth-order valence-electron chi connectivity index (χ4n) is 2.11. The molecule has 0 radical (unpaired) electrons. The van der Waals surface area contributed by atoms with Gasteiger partial charge in [-0.25, -0.2) is 0 Å². The molecule has 1 aliphatic heterocycles. The van der Waals surface area contributed by atoms with E-state index in [1.165, 1.54) is 11.1 Å². The van der Waals surface area contributed by atoms with Gasteiger partial charge in [0.25, 0.3) is 0 Å². The van der Waals surface area contributed by atoms with E-state index in [1.54, 1.807) is 0 Å². The molecule has 2 rings (SSSR count). The summed E-state index contributed by atoms with van der Waals surface area (Å²) in [5.41, 5.74) is 2.50. The molecule has 2 atom stereocenters. The first-order valence-corrected chi connectivity index (χ1v) is 7.19. The Morgan fingerprint density at radius 2 is 2.12 bits per heavy atom. The van der Waals surface area contributed by atoms with Gasteiger partial charge in [0.15, 0.2) is 0 Å². The van der Waals surface area contributed by atoms with Crippen molar-refractivity contribution in [3.63, 3.8) is 0 Å². The summed E-state index contributed by atoms with van der Waals surface area (Å²) < 4.78 is 0. The molecule has 1 N–H and O–H groups in total. The third-order valence-electron chi connectivity index (χ3n) is 3.00. The minimum Gasteiger partial charge on any atom is -0.313 e. The van der Waals surface area contributed by atoms with Crippen LogP contribution in [0, 0.1) is 0 Å². The number of fused-ring (bicyclic) bond motifs is 1. The monoisotopic (exact) mass is 275 g/mol. The van der Waals surface area contributed by atoms with E-state index in [9.17, 15) is 0 Å². The second-order valence-electron chi connectivity index (χ2n) is 4.15. The van der Waals surface area contributed by atoms with Crippen LogP contribution in [0.4, 0.5) is 0 Å². The van der Waals surface area contributed by atoms with Gasteiger partial charge < -0.3 is 5.32 Å². The molecule has 0 aliphatic carbocycles. The summed E-state index contributed by atoms with van der Waals surface area (Å²) in [5.74, 6) is 0.977. The molecule has 1 aliphatic rings. The van der Waals surface area contributed by atoms with Crippen LogP contribution in [-0.2, 0) is 5.75 Å². The summed E-state index contributed by atoms with van der Waals surface area (Å²) in [6, 6.07) is 4.24. The number of hydrogen-bond acceptors (Lipinski definition) is 2. The molecular formula is C12H15Cl2NS. The summed E-state index contributed by atoms with van der Waals surface area (Å²) >= 11 is 14.3. The Bertz CT molecular complexity index is 395. The van der Waals surface area contributed by atoms with Crippen molar-refractivity contribution in [2.24, 2.45) is 0 Å². The van der Waals surface area contributed by atoms with E-state index in [2.05, 4.69) is 12.2 Å². The van der Waals surface area contributed by atoms with Crippen LogP contribution < -0.4 is 5.32 Å². The quantitative estimate of drug-likeness (QED) is 0.821. The van der Waals surface area contributed by atoms with Gasteiger partial charge in [-0.3, -0.25) is 0 Å². The molecule has 1 nitrogen and oxygen atoms in total. The van der Waals surface area contributed by atoms with E-state index >= 15 is 0 Å². The summed E-state index contributed by atoms with van der Waals surface area (Å²) in [6.45, 7) is 2.26. The highest BCUT2D eigenvalue weighted by Crippen LogP contribution is 2.39. The van der Waals surface area contributed by atoms with Gasteiger partial charge in [0.1, 0.15) is 0 Å². The molecule has 0 bridgehead atoms. The number of hydrogen-bond donors (Lipinski definition) is 1. The Kier molecular flexibility index (Phi) is 4.06. The zero-order chi connectivity index (χ0) is 11.7. The third kappa shape index (κ3) is 2.51. The van der Waals surface area contributed by atoms with Crippen molar-refractivity contribution in [3.8, 4) is 0 Å². The first kappa shape index (κ1) is 12.6. The Morgan fingerprint density at radius 3 is 2.81 bits per heavy atom. The predicted molar refractivity (Wildman–Crippen MR) is 73.6 cm³/mol. The fourth-order valence-corrected chi connectivity index (χ4v) is 3.87. The molecular weight excluding hydrogens is 261 g/mol. The van der Waals surface area contributed by atoms with Gasteiger partial charge in [-0.2, -0.15) is 11.8 Å². The van der Waals surface area contributed by atoms with Gasteiger partial charge >= 0.3 is 0 Å². The predicted octanol–water partition coefficient (Wildman–Crippen LogP) is 4.28. The molecule has 0 fully saturated rings. The van der Waals surface area contributed by atoms with Crippen molar-refractivity contribution in [1.29, 1.82) is 0 Å². The highest BCUT2D eigenvalue weighted by molar-refractivity contribution is 7.99. The third-order valence-corrected chi connectivity index (χ3v) is 4.77. The first-order chi connectivity index (χ1) is 7.61. The average molecular weight is 276 g/mol. The van der Waals surface area contributed by atoms with Crippen LogP contribution in [0.1, 0.15) is 30.5 Å². The van der Waals surface area contributed by atoms with Crippen molar-refractivity contribution in [1.82, 2.24) is 5.32 Å². The molecule has 1 aromatic rings. The number of halogens is 2. The van der Waals surface area contributed by atoms with Crippen LogP contribution in [0.5, 0.6) is 0 Å². The highest BCUT2D eigenvalue weighted by Gasteiger charge is 2.23. The Labute approximate surface area is 111 Å². The van der Waals surface area contributed by atoms with Gasteiger partial charge in [0.2, 0.25) is 0 Å². The van der Waals surface area contributed by atoms with Crippen molar-refractivity contribution in [3.05, 3.63) is 33.3 Å². The molecule has 0 amide bonds. The lowest BCUT2D eigenvalue weighted by atomic mass is 9.98. The van der Waals surface area contributed by atoms with Crippen LogP contribution in [0.2, 0.25) is 10.0 Å². The molecule has 88 valence electrons. The van der Waals surface area contributed by atoms with Crippen LogP contribution in [-0.4, -0.2) is 12.3 Å². The molecule has 1 aromatic carbocycles. The fraction of sp³-hybridized carbons (Fsp3) is 0.500. The number of rotatable bonds is 1. The van der Waals surface area contributed by atoms with E-state index in [-0.39, 0.29) is 0 Å². The normalized spacial score (nSPS) is 25.0. The zero-order valence-electron chi connectivity index (χ0n) is 9.39. The van der Waals surface area contributed by atoms with E-state index in [0.717, 1.165) is 22.2 Å². The standard InChI is InChI=1S/C12H15Cl2NS/c1-7-3-12(15-2)9-4-8(13)5-11(14)10(9)6-16-7/h4-5,7,12,15H,3,6H2,1-2H3. The van der Waals surface area contributed by atoms with Gasteiger partial charge in [0, 0.05) is 27.1 Å². The maximum Gasteiger partial charge on any atom is 0.0464 e. The van der Waals surface area contributed by atoms with Crippen molar-refractivity contribution < 1.29 is 0 Å². The van der Waals surface area contributed by atoms with Gasteiger partial charge in [-0.15, -0.1) is 0 Å². The van der Waals surface area contributed by atoms with Crippen LogP contribution >= 0.6 is 35.0 Å². The molecule has 2 unspecified atom stereocenters. The summed E-state index contributed by atoms with van der Waals surface area (Å²) in [5, 5.41) is 5.51. The smallest absolute Gasteiger partial charge is 0.0464 e. The lowest BCUT2D eigenvalue weighted by Gasteiger charge is -2.19. The van der Waals surface area contributed by atoms with Crippen molar-refractivity contribution in [2.75, 3.05) is 7.05 Å². The van der Waals surface area contributed by atoms with E-state index in [1.807, 2.05) is 30.9 Å².